The molecule has 1 aliphatic heterocycles. The van der Waals surface area contributed by atoms with Crippen molar-refractivity contribution in [2.75, 3.05) is 26.2 Å². The molecular formula is C22H17N3O6S. The first-order chi connectivity index (χ1) is 15.6. The minimum Gasteiger partial charge on any atom is -0.493 e. The van der Waals surface area contributed by atoms with E-state index in [1.54, 1.807) is 36.4 Å². The summed E-state index contributed by atoms with van der Waals surface area (Å²) in [7, 11) is 4.50. The third-order valence-corrected chi connectivity index (χ3v) is 6.02. The molecule has 32 heavy (non-hydrogen) atoms. The van der Waals surface area contributed by atoms with Crippen molar-refractivity contribution in [1.82, 2.24) is 10.2 Å². The average molecular weight is 451 g/mol. The first kappa shape index (κ1) is 20.0. The summed E-state index contributed by atoms with van der Waals surface area (Å²) < 4.78 is 22.3. The van der Waals surface area contributed by atoms with Crippen LogP contribution in [0.4, 0.5) is 5.13 Å². The molecule has 9 nitrogen and oxygen atoms in total. The Balaban J connectivity index is 1.83. The molecule has 0 radical (unpaired) electrons. The van der Waals surface area contributed by atoms with Crippen LogP contribution in [0.1, 0.15) is 27.7 Å². The number of nitrogens with zero attached hydrogens (tertiary/aromatic N) is 3. The summed E-state index contributed by atoms with van der Waals surface area (Å²) in [4.78, 5) is 28.4. The standard InChI is InChI=1S/C22H17N3O6S/c1-28-14-8-11(9-15(29-2)19(14)30-3)17-16-18(26)12-6-4-5-7-13(12)31-20(16)21(27)25(17)22-24-23-10-32-22/h4-10,17H,1-3H3/t17-/m0/s1. The fraction of sp³-hybridized carbons (Fsp3) is 0.182. The number of fused-ring (bicyclic) bond motifs is 2. The van der Waals surface area contributed by atoms with Gasteiger partial charge in [-0.3, -0.25) is 14.5 Å². The molecule has 0 aliphatic carbocycles. The van der Waals surface area contributed by atoms with Gasteiger partial charge in [-0.15, -0.1) is 10.2 Å². The van der Waals surface area contributed by atoms with Crippen LogP contribution in [0.2, 0.25) is 0 Å². The fourth-order valence-corrected chi connectivity index (χ4v) is 4.55. The minimum atomic E-state index is -0.819. The molecule has 0 saturated carbocycles. The number of rotatable bonds is 5. The highest BCUT2D eigenvalue weighted by molar-refractivity contribution is 7.13. The molecule has 162 valence electrons. The van der Waals surface area contributed by atoms with E-state index in [4.69, 9.17) is 18.6 Å². The summed E-state index contributed by atoms with van der Waals surface area (Å²) >= 11 is 1.18. The lowest BCUT2D eigenvalue weighted by Gasteiger charge is -2.23. The molecule has 0 spiro atoms. The van der Waals surface area contributed by atoms with Gasteiger partial charge in [-0.05, 0) is 29.8 Å². The Kier molecular flexibility index (Phi) is 4.78. The monoisotopic (exact) mass is 451 g/mol. The van der Waals surface area contributed by atoms with Gasteiger partial charge >= 0.3 is 0 Å². The van der Waals surface area contributed by atoms with E-state index < -0.39 is 11.9 Å². The molecule has 0 fully saturated rings. The van der Waals surface area contributed by atoms with Gasteiger partial charge in [0.1, 0.15) is 11.1 Å². The van der Waals surface area contributed by atoms with Crippen LogP contribution in [0.3, 0.4) is 0 Å². The van der Waals surface area contributed by atoms with Crippen molar-refractivity contribution in [3.63, 3.8) is 0 Å². The highest BCUT2D eigenvalue weighted by Gasteiger charge is 2.45. The Labute approximate surface area is 185 Å². The van der Waals surface area contributed by atoms with E-state index in [1.807, 2.05) is 0 Å². The molecule has 0 N–H and O–H groups in total. The number of para-hydroxylation sites is 1. The molecule has 2 aromatic heterocycles. The van der Waals surface area contributed by atoms with Crippen LogP contribution >= 0.6 is 11.3 Å². The zero-order chi connectivity index (χ0) is 22.4. The largest absolute Gasteiger partial charge is 0.493 e. The number of carbonyl (C=O) groups is 1. The zero-order valence-electron chi connectivity index (χ0n) is 17.3. The van der Waals surface area contributed by atoms with E-state index in [9.17, 15) is 9.59 Å². The van der Waals surface area contributed by atoms with E-state index in [0.717, 1.165) is 0 Å². The van der Waals surface area contributed by atoms with E-state index in [-0.39, 0.29) is 16.8 Å². The highest BCUT2D eigenvalue weighted by Crippen LogP contribution is 2.46. The van der Waals surface area contributed by atoms with Crippen LogP contribution in [0, 0.1) is 0 Å². The average Bonchev–Trinajstić information content (AvgIpc) is 3.45. The maximum absolute atomic E-state index is 13.5. The third-order valence-electron chi connectivity index (χ3n) is 5.34. The molecule has 0 saturated heterocycles. The summed E-state index contributed by atoms with van der Waals surface area (Å²) in [6.07, 6.45) is 0. The molecule has 3 heterocycles. The summed E-state index contributed by atoms with van der Waals surface area (Å²) in [6.45, 7) is 0. The van der Waals surface area contributed by atoms with Gasteiger partial charge in [0.25, 0.3) is 5.91 Å². The van der Waals surface area contributed by atoms with Crippen LogP contribution in [-0.4, -0.2) is 37.4 Å². The SMILES string of the molecule is COc1cc([C@H]2c3c(oc4ccccc4c3=O)C(=O)N2c2nncs2)cc(OC)c1OC. The fourth-order valence-electron chi connectivity index (χ4n) is 3.96. The minimum absolute atomic E-state index is 0.0253. The summed E-state index contributed by atoms with van der Waals surface area (Å²) in [6, 6.07) is 9.42. The number of carbonyl (C=O) groups excluding carboxylic acids is 1. The van der Waals surface area contributed by atoms with Crippen LogP contribution < -0.4 is 24.5 Å². The predicted molar refractivity (Wildman–Crippen MR) is 117 cm³/mol. The lowest BCUT2D eigenvalue weighted by atomic mass is 9.98. The second kappa shape index (κ2) is 7.65. The third kappa shape index (κ3) is 2.83. The normalized spacial score (nSPS) is 15.2. The second-order valence-corrected chi connectivity index (χ2v) is 7.74. The lowest BCUT2D eigenvalue weighted by molar-refractivity contribution is 0.0970. The van der Waals surface area contributed by atoms with Gasteiger partial charge < -0.3 is 18.6 Å². The lowest BCUT2D eigenvalue weighted by Crippen LogP contribution is -2.29. The quantitative estimate of drug-likeness (QED) is 0.455. The van der Waals surface area contributed by atoms with Crippen LogP contribution in [0.25, 0.3) is 11.0 Å². The Morgan fingerprint density at radius 2 is 1.75 bits per heavy atom. The van der Waals surface area contributed by atoms with Crippen molar-refractivity contribution in [1.29, 1.82) is 0 Å². The van der Waals surface area contributed by atoms with Crippen molar-refractivity contribution < 1.29 is 23.4 Å². The van der Waals surface area contributed by atoms with Crippen molar-refractivity contribution in [2.24, 2.45) is 0 Å². The zero-order valence-corrected chi connectivity index (χ0v) is 18.1. The molecule has 1 aliphatic rings. The second-order valence-electron chi connectivity index (χ2n) is 6.93. The smallest absolute Gasteiger partial charge is 0.297 e. The molecular weight excluding hydrogens is 434 g/mol. The number of benzene rings is 2. The Morgan fingerprint density at radius 3 is 2.38 bits per heavy atom. The van der Waals surface area contributed by atoms with Gasteiger partial charge in [-0.1, -0.05) is 23.5 Å². The maximum Gasteiger partial charge on any atom is 0.297 e. The number of amides is 1. The van der Waals surface area contributed by atoms with Crippen molar-refractivity contribution >= 4 is 33.3 Å². The van der Waals surface area contributed by atoms with E-state index in [1.165, 1.54) is 43.1 Å². The van der Waals surface area contributed by atoms with E-state index in [2.05, 4.69) is 10.2 Å². The number of hydrogen-bond acceptors (Lipinski definition) is 9. The van der Waals surface area contributed by atoms with Gasteiger partial charge in [0.05, 0.1) is 38.3 Å². The van der Waals surface area contributed by atoms with Crippen LogP contribution in [0.15, 0.2) is 51.1 Å². The van der Waals surface area contributed by atoms with Crippen molar-refractivity contribution in [2.45, 2.75) is 6.04 Å². The predicted octanol–water partition coefficient (Wildman–Crippen LogP) is 3.42. The number of methoxy groups -OCH3 is 3. The van der Waals surface area contributed by atoms with Crippen molar-refractivity contribution in [3.8, 4) is 17.2 Å². The van der Waals surface area contributed by atoms with Crippen molar-refractivity contribution in [3.05, 3.63) is 69.0 Å². The maximum atomic E-state index is 13.5. The molecule has 0 unspecified atom stereocenters. The van der Waals surface area contributed by atoms with Gasteiger partial charge in [-0.25, -0.2) is 0 Å². The van der Waals surface area contributed by atoms with Crippen LogP contribution in [0.5, 0.6) is 17.2 Å². The number of anilines is 1. The molecule has 0 bridgehead atoms. The van der Waals surface area contributed by atoms with E-state index in [0.29, 0.717) is 38.9 Å². The Morgan fingerprint density at radius 1 is 1.03 bits per heavy atom. The first-order valence-corrected chi connectivity index (χ1v) is 10.4. The molecule has 10 heteroatoms. The molecule has 2 aromatic carbocycles. The molecule has 1 amide bonds. The molecule has 4 aromatic rings. The number of ether oxygens (including phenoxy) is 3. The topological polar surface area (TPSA) is 104 Å². The molecule has 5 rings (SSSR count). The van der Waals surface area contributed by atoms with Gasteiger partial charge in [0.15, 0.2) is 16.9 Å². The van der Waals surface area contributed by atoms with Crippen LogP contribution in [-0.2, 0) is 0 Å². The summed E-state index contributed by atoms with van der Waals surface area (Å²) in [5.41, 5.74) is 2.36. The van der Waals surface area contributed by atoms with Gasteiger partial charge in [0.2, 0.25) is 16.6 Å². The summed E-state index contributed by atoms with van der Waals surface area (Å²) in [5, 5.41) is 8.65. The highest BCUT2D eigenvalue weighted by atomic mass is 32.1. The Bertz CT molecular complexity index is 1370. The Hall–Kier alpha value is -3.92. The van der Waals surface area contributed by atoms with Gasteiger partial charge in [0, 0.05) is 0 Å². The number of aromatic nitrogens is 2. The van der Waals surface area contributed by atoms with E-state index >= 15 is 0 Å². The first-order valence-electron chi connectivity index (χ1n) is 9.54. The number of hydrogen-bond donors (Lipinski definition) is 0. The summed E-state index contributed by atoms with van der Waals surface area (Å²) in [5.74, 6) is 0.688. The molecule has 1 atom stereocenters. The van der Waals surface area contributed by atoms with Gasteiger partial charge in [-0.2, -0.15) is 0 Å².